The van der Waals surface area contributed by atoms with Crippen molar-refractivity contribution in [2.45, 2.75) is 18.2 Å². The Labute approximate surface area is 111 Å². The number of benzene rings is 1. The molecule has 1 aromatic rings. The van der Waals surface area contributed by atoms with Crippen LogP contribution in [0.25, 0.3) is 0 Å². The molecule has 0 amide bonds. The summed E-state index contributed by atoms with van der Waals surface area (Å²) in [4.78, 5) is 10.6. The van der Waals surface area contributed by atoms with E-state index in [1.165, 1.54) is 24.3 Å². The molecule has 0 radical (unpaired) electrons. The Morgan fingerprint density at radius 3 is 2.37 bits per heavy atom. The van der Waals surface area contributed by atoms with E-state index >= 15 is 0 Å². The zero-order chi connectivity index (χ0) is 14.5. The summed E-state index contributed by atoms with van der Waals surface area (Å²) in [5.41, 5.74) is 0.368. The molecule has 0 aliphatic heterocycles. The molecule has 1 rings (SSSR count). The van der Waals surface area contributed by atoms with E-state index in [9.17, 15) is 13.2 Å². The second-order valence-corrected chi connectivity index (χ2v) is 5.71. The van der Waals surface area contributed by atoms with Crippen molar-refractivity contribution in [1.82, 2.24) is 4.31 Å². The minimum atomic E-state index is -3.71. The van der Waals surface area contributed by atoms with Crippen LogP contribution in [0.1, 0.15) is 18.9 Å². The van der Waals surface area contributed by atoms with Crippen molar-refractivity contribution in [3.63, 3.8) is 0 Å². The maximum atomic E-state index is 12.2. The van der Waals surface area contributed by atoms with Crippen LogP contribution in [0.2, 0.25) is 0 Å². The Balaban J connectivity index is 2.99. The number of carbonyl (C=O) groups is 1. The van der Waals surface area contributed by atoms with Crippen LogP contribution in [-0.2, 0) is 14.8 Å². The first-order valence-corrected chi connectivity index (χ1v) is 7.08. The average Bonchev–Trinajstić information content (AvgIpc) is 2.39. The van der Waals surface area contributed by atoms with Gasteiger partial charge >= 0.3 is 5.97 Å². The van der Waals surface area contributed by atoms with Crippen LogP contribution in [-0.4, -0.2) is 36.9 Å². The maximum absolute atomic E-state index is 12.2. The molecule has 19 heavy (non-hydrogen) atoms. The molecule has 0 saturated carbocycles. The van der Waals surface area contributed by atoms with Crippen LogP contribution in [0, 0.1) is 11.3 Å². The zero-order valence-electron chi connectivity index (χ0n) is 10.4. The Morgan fingerprint density at radius 1 is 1.37 bits per heavy atom. The highest BCUT2D eigenvalue weighted by molar-refractivity contribution is 7.89. The van der Waals surface area contributed by atoms with E-state index in [0.29, 0.717) is 5.56 Å². The predicted molar refractivity (Wildman–Crippen MR) is 67.8 cm³/mol. The van der Waals surface area contributed by atoms with E-state index in [0.717, 1.165) is 4.31 Å². The first kappa shape index (κ1) is 15.1. The summed E-state index contributed by atoms with van der Waals surface area (Å²) < 4.78 is 25.6. The van der Waals surface area contributed by atoms with Gasteiger partial charge in [-0.3, -0.25) is 4.79 Å². The predicted octanol–water partition coefficient (Wildman–Crippen LogP) is 1.04. The summed E-state index contributed by atoms with van der Waals surface area (Å²) in [5, 5.41) is 17.3. The first-order chi connectivity index (χ1) is 8.91. The number of aliphatic carboxylic acids is 1. The number of carboxylic acids is 1. The van der Waals surface area contributed by atoms with Gasteiger partial charge in [0.2, 0.25) is 10.0 Å². The highest BCUT2D eigenvalue weighted by Gasteiger charge is 2.23. The summed E-state index contributed by atoms with van der Waals surface area (Å²) in [5.74, 6) is -1.05. The Bertz CT molecular complexity index is 587. The molecule has 7 heteroatoms. The fraction of sp³-hybridized carbons (Fsp3) is 0.333. The number of rotatable bonds is 6. The molecule has 1 N–H and O–H groups in total. The van der Waals surface area contributed by atoms with Crippen LogP contribution in [0.5, 0.6) is 0 Å². The smallest absolute Gasteiger partial charge is 0.304 e. The number of carboxylic acid groups (broad SMARTS) is 1. The monoisotopic (exact) mass is 282 g/mol. The van der Waals surface area contributed by atoms with Crippen LogP contribution < -0.4 is 0 Å². The first-order valence-electron chi connectivity index (χ1n) is 5.64. The molecule has 0 aliphatic carbocycles. The lowest BCUT2D eigenvalue weighted by atomic mass is 10.2. The van der Waals surface area contributed by atoms with Gasteiger partial charge in [0.05, 0.1) is 22.9 Å². The summed E-state index contributed by atoms with van der Waals surface area (Å²) >= 11 is 0. The van der Waals surface area contributed by atoms with Gasteiger partial charge in [0.15, 0.2) is 0 Å². The second kappa shape index (κ2) is 6.31. The molecule has 0 atom stereocenters. The van der Waals surface area contributed by atoms with Crippen molar-refractivity contribution in [1.29, 1.82) is 5.26 Å². The normalized spacial score (nSPS) is 11.2. The fourth-order valence-electron chi connectivity index (χ4n) is 1.52. The van der Waals surface area contributed by atoms with Crippen LogP contribution in [0.3, 0.4) is 0 Å². The van der Waals surface area contributed by atoms with E-state index in [1.54, 1.807) is 6.92 Å². The lowest BCUT2D eigenvalue weighted by Crippen LogP contribution is -2.32. The molecule has 0 saturated heterocycles. The number of nitrogens with zero attached hydrogens (tertiary/aromatic N) is 2. The van der Waals surface area contributed by atoms with Crippen molar-refractivity contribution in [2.75, 3.05) is 13.1 Å². The topological polar surface area (TPSA) is 98.5 Å². The molecule has 0 aliphatic rings. The minimum absolute atomic E-state index is 0.0544. The largest absolute Gasteiger partial charge is 0.481 e. The summed E-state index contributed by atoms with van der Waals surface area (Å²) in [6.07, 6.45) is -0.247. The van der Waals surface area contributed by atoms with Gasteiger partial charge < -0.3 is 5.11 Å². The SMILES string of the molecule is CCN(CCC(=O)O)S(=O)(=O)c1ccc(C#N)cc1. The Kier molecular flexibility index (Phi) is 5.03. The van der Waals surface area contributed by atoms with Crippen LogP contribution in [0.4, 0.5) is 0 Å². The highest BCUT2D eigenvalue weighted by Crippen LogP contribution is 2.16. The number of nitriles is 1. The lowest BCUT2D eigenvalue weighted by molar-refractivity contribution is -0.137. The Hall–Kier alpha value is -1.91. The third kappa shape index (κ3) is 3.77. The maximum Gasteiger partial charge on any atom is 0.304 e. The Morgan fingerprint density at radius 2 is 1.95 bits per heavy atom. The molecule has 0 aromatic heterocycles. The van der Waals surface area contributed by atoms with Crippen molar-refractivity contribution >= 4 is 16.0 Å². The van der Waals surface area contributed by atoms with Gasteiger partial charge in [-0.2, -0.15) is 9.57 Å². The van der Waals surface area contributed by atoms with E-state index in [4.69, 9.17) is 10.4 Å². The van der Waals surface area contributed by atoms with E-state index in [-0.39, 0.29) is 24.4 Å². The van der Waals surface area contributed by atoms with Crippen molar-refractivity contribution < 1.29 is 18.3 Å². The van der Waals surface area contributed by atoms with E-state index < -0.39 is 16.0 Å². The van der Waals surface area contributed by atoms with E-state index in [1.807, 2.05) is 6.07 Å². The number of hydrogen-bond donors (Lipinski definition) is 1. The molecule has 1 aromatic carbocycles. The van der Waals surface area contributed by atoms with E-state index in [2.05, 4.69) is 0 Å². The van der Waals surface area contributed by atoms with Crippen molar-refractivity contribution in [3.8, 4) is 6.07 Å². The van der Waals surface area contributed by atoms with Crippen molar-refractivity contribution in [2.24, 2.45) is 0 Å². The second-order valence-electron chi connectivity index (χ2n) is 3.78. The number of sulfonamides is 1. The van der Waals surface area contributed by atoms with Gasteiger partial charge in [-0.25, -0.2) is 8.42 Å². The van der Waals surface area contributed by atoms with Crippen molar-refractivity contribution in [3.05, 3.63) is 29.8 Å². The third-order valence-corrected chi connectivity index (χ3v) is 4.54. The summed E-state index contributed by atoms with van der Waals surface area (Å²) in [6, 6.07) is 7.42. The lowest BCUT2D eigenvalue weighted by Gasteiger charge is -2.19. The molecule has 6 nitrogen and oxygen atoms in total. The standard InChI is InChI=1S/C12H14N2O4S/c1-2-14(8-7-12(15)16)19(17,18)11-5-3-10(9-13)4-6-11/h3-6H,2,7-8H2,1H3,(H,15,16). The van der Waals surface area contributed by atoms with Gasteiger partial charge in [-0.1, -0.05) is 6.92 Å². The van der Waals surface area contributed by atoms with Gasteiger partial charge in [0.25, 0.3) is 0 Å². The molecular weight excluding hydrogens is 268 g/mol. The van der Waals surface area contributed by atoms with Gasteiger partial charge in [-0.15, -0.1) is 0 Å². The highest BCUT2D eigenvalue weighted by atomic mass is 32.2. The molecule has 0 heterocycles. The van der Waals surface area contributed by atoms with Gasteiger partial charge in [0.1, 0.15) is 0 Å². The molecule has 0 fully saturated rings. The van der Waals surface area contributed by atoms with Crippen LogP contribution in [0.15, 0.2) is 29.2 Å². The summed E-state index contributed by atoms with van der Waals surface area (Å²) in [6.45, 7) is 1.76. The van der Waals surface area contributed by atoms with Gasteiger partial charge in [0, 0.05) is 13.1 Å². The molecule has 0 unspecified atom stereocenters. The molecule has 0 bridgehead atoms. The fourth-order valence-corrected chi connectivity index (χ4v) is 2.97. The molecular formula is C12H14N2O4S. The van der Waals surface area contributed by atoms with Crippen LogP contribution >= 0.6 is 0 Å². The third-order valence-electron chi connectivity index (χ3n) is 2.55. The molecule has 102 valence electrons. The minimum Gasteiger partial charge on any atom is -0.481 e. The number of hydrogen-bond acceptors (Lipinski definition) is 4. The zero-order valence-corrected chi connectivity index (χ0v) is 11.2. The molecule has 0 spiro atoms. The summed E-state index contributed by atoms with van der Waals surface area (Å²) in [7, 11) is -3.71. The van der Waals surface area contributed by atoms with Gasteiger partial charge in [-0.05, 0) is 24.3 Å². The quantitative estimate of drug-likeness (QED) is 0.840. The average molecular weight is 282 g/mol.